The number of carboxylic acids is 1. The second-order valence-corrected chi connectivity index (χ2v) is 5.75. The molecule has 1 heterocycles. The van der Waals surface area contributed by atoms with E-state index < -0.39 is 5.97 Å². The molecule has 0 aromatic heterocycles. The van der Waals surface area contributed by atoms with Gasteiger partial charge in [0.25, 0.3) is 0 Å². The van der Waals surface area contributed by atoms with Crippen LogP contribution in [0.15, 0.2) is 24.3 Å². The van der Waals surface area contributed by atoms with Gasteiger partial charge in [-0.1, -0.05) is 24.3 Å². The van der Waals surface area contributed by atoms with E-state index >= 15 is 0 Å². The fourth-order valence-electron chi connectivity index (χ4n) is 2.75. The quantitative estimate of drug-likeness (QED) is 0.719. The molecule has 120 valence electrons. The minimum Gasteiger partial charge on any atom is -0.481 e. The molecule has 2 N–H and O–H groups in total. The van der Waals surface area contributed by atoms with Crippen LogP contribution in [-0.4, -0.2) is 41.5 Å². The van der Waals surface area contributed by atoms with Crippen LogP contribution in [0.4, 0.5) is 0 Å². The second kappa shape index (κ2) is 8.54. The number of nitrogens with zero attached hydrogens (tertiary/aromatic N) is 1. The summed E-state index contributed by atoms with van der Waals surface area (Å²) in [5, 5.41) is 11.4. The highest BCUT2D eigenvalue weighted by Gasteiger charge is 2.15. The monoisotopic (exact) mass is 304 g/mol. The lowest BCUT2D eigenvalue weighted by Gasteiger charge is -2.28. The summed E-state index contributed by atoms with van der Waals surface area (Å²) in [4.78, 5) is 24.4. The highest BCUT2D eigenvalue weighted by Crippen LogP contribution is 2.17. The van der Waals surface area contributed by atoms with Crippen LogP contribution in [0.3, 0.4) is 0 Å². The molecule has 0 atom stereocenters. The van der Waals surface area contributed by atoms with E-state index in [1.54, 1.807) is 0 Å². The summed E-state index contributed by atoms with van der Waals surface area (Å²) in [6.45, 7) is 3.49. The number of benzene rings is 1. The van der Waals surface area contributed by atoms with Gasteiger partial charge in [0.15, 0.2) is 0 Å². The van der Waals surface area contributed by atoms with Crippen LogP contribution in [-0.2, 0) is 22.6 Å². The maximum atomic E-state index is 11.7. The zero-order chi connectivity index (χ0) is 15.8. The lowest BCUT2D eigenvalue weighted by molar-refractivity contribution is -0.137. The first-order chi connectivity index (χ1) is 10.6. The zero-order valence-corrected chi connectivity index (χ0v) is 12.9. The van der Waals surface area contributed by atoms with Crippen molar-refractivity contribution in [1.82, 2.24) is 10.2 Å². The molecule has 0 radical (unpaired) electrons. The highest BCUT2D eigenvalue weighted by molar-refractivity contribution is 5.75. The van der Waals surface area contributed by atoms with Gasteiger partial charge in [0.2, 0.25) is 5.91 Å². The van der Waals surface area contributed by atoms with Crippen molar-refractivity contribution >= 4 is 11.9 Å². The minimum absolute atomic E-state index is 0.0165. The fraction of sp³-hybridized carbons (Fsp3) is 0.529. The Kier molecular flexibility index (Phi) is 6.40. The van der Waals surface area contributed by atoms with Gasteiger partial charge < -0.3 is 10.4 Å². The molecule has 0 unspecified atom stereocenters. The topological polar surface area (TPSA) is 69.6 Å². The molecule has 0 saturated carbocycles. The van der Waals surface area contributed by atoms with E-state index in [1.807, 2.05) is 0 Å². The average molecular weight is 304 g/mol. The minimum atomic E-state index is -0.800. The summed E-state index contributed by atoms with van der Waals surface area (Å²) in [7, 11) is 0. The number of rotatable bonds is 8. The van der Waals surface area contributed by atoms with Crippen LogP contribution in [0.1, 0.15) is 36.8 Å². The number of carboxylic acid groups (broad SMARTS) is 1. The third-order valence-corrected chi connectivity index (χ3v) is 4.00. The molecular weight excluding hydrogens is 280 g/mol. The van der Waals surface area contributed by atoms with E-state index in [0.717, 1.165) is 26.1 Å². The molecule has 2 rings (SSSR count). The number of hydrogen-bond acceptors (Lipinski definition) is 3. The van der Waals surface area contributed by atoms with Crippen LogP contribution in [0.5, 0.6) is 0 Å². The first-order valence-electron chi connectivity index (χ1n) is 7.93. The van der Waals surface area contributed by atoms with Crippen LogP contribution < -0.4 is 5.32 Å². The Morgan fingerprint density at radius 3 is 2.64 bits per heavy atom. The molecule has 0 spiro atoms. The molecule has 0 bridgehead atoms. The predicted octanol–water partition coefficient (Wildman–Crippen LogP) is 1.81. The highest BCUT2D eigenvalue weighted by atomic mass is 16.4. The van der Waals surface area contributed by atoms with E-state index in [1.165, 1.54) is 11.1 Å². The Labute approximate surface area is 131 Å². The summed E-state index contributed by atoms with van der Waals surface area (Å²) < 4.78 is 0. The number of amides is 1. The van der Waals surface area contributed by atoms with Gasteiger partial charge in [0.05, 0.1) is 0 Å². The lowest BCUT2D eigenvalue weighted by atomic mass is 10.00. The summed E-state index contributed by atoms with van der Waals surface area (Å²) in [6.07, 6.45) is 2.82. The normalized spacial score (nSPS) is 14.4. The summed E-state index contributed by atoms with van der Waals surface area (Å²) in [5.41, 5.74) is 2.81. The van der Waals surface area contributed by atoms with E-state index in [4.69, 9.17) is 5.11 Å². The van der Waals surface area contributed by atoms with Gasteiger partial charge in [0, 0.05) is 39.0 Å². The van der Waals surface area contributed by atoms with Gasteiger partial charge >= 0.3 is 5.97 Å². The average Bonchev–Trinajstić information content (AvgIpc) is 2.51. The van der Waals surface area contributed by atoms with Gasteiger partial charge in [-0.05, 0) is 30.4 Å². The first kappa shape index (κ1) is 16.5. The number of nitrogens with one attached hydrogen (secondary N) is 1. The van der Waals surface area contributed by atoms with E-state index in [0.29, 0.717) is 25.8 Å². The Hall–Kier alpha value is -1.88. The number of hydrogen-bond donors (Lipinski definition) is 2. The molecule has 1 amide bonds. The number of fused-ring (bicyclic) bond motifs is 1. The van der Waals surface area contributed by atoms with Gasteiger partial charge in [-0.15, -0.1) is 0 Å². The molecule has 5 heteroatoms. The van der Waals surface area contributed by atoms with Crippen molar-refractivity contribution in [3.05, 3.63) is 35.4 Å². The van der Waals surface area contributed by atoms with Crippen molar-refractivity contribution in [2.45, 2.75) is 38.6 Å². The fourth-order valence-corrected chi connectivity index (χ4v) is 2.75. The molecule has 1 aromatic rings. The Balaban J connectivity index is 1.59. The van der Waals surface area contributed by atoms with Gasteiger partial charge in [-0.2, -0.15) is 0 Å². The maximum absolute atomic E-state index is 11.7. The molecular formula is C17H24N2O3. The maximum Gasteiger partial charge on any atom is 0.303 e. The van der Waals surface area contributed by atoms with Gasteiger partial charge in [0.1, 0.15) is 0 Å². The zero-order valence-electron chi connectivity index (χ0n) is 12.9. The van der Waals surface area contributed by atoms with Crippen LogP contribution in [0.2, 0.25) is 0 Å². The van der Waals surface area contributed by atoms with Gasteiger partial charge in [-0.3, -0.25) is 14.5 Å². The molecule has 1 aliphatic heterocycles. The number of unbranched alkanes of at least 4 members (excludes halogenated alkanes) is 1. The number of carbonyl (C=O) groups is 2. The van der Waals surface area contributed by atoms with Crippen molar-refractivity contribution in [3.63, 3.8) is 0 Å². The second-order valence-electron chi connectivity index (χ2n) is 5.75. The molecule has 0 aliphatic carbocycles. The molecule has 22 heavy (non-hydrogen) atoms. The standard InChI is InChI=1S/C17H24N2O3/c20-16(7-3-4-8-17(21)22)18-10-12-19-11-9-14-5-1-2-6-15(14)13-19/h1-2,5-6H,3-4,7-13H2,(H,18,20)(H,21,22). The van der Waals surface area contributed by atoms with E-state index in [2.05, 4.69) is 34.5 Å². The number of carbonyl (C=O) groups excluding carboxylic acids is 1. The Bertz CT molecular complexity index is 516. The predicted molar refractivity (Wildman–Crippen MR) is 84.5 cm³/mol. The smallest absolute Gasteiger partial charge is 0.303 e. The third-order valence-electron chi connectivity index (χ3n) is 4.00. The molecule has 1 aliphatic rings. The van der Waals surface area contributed by atoms with Crippen molar-refractivity contribution in [2.24, 2.45) is 0 Å². The van der Waals surface area contributed by atoms with Crippen LogP contribution in [0.25, 0.3) is 0 Å². The van der Waals surface area contributed by atoms with Crippen LogP contribution in [0, 0.1) is 0 Å². The van der Waals surface area contributed by atoms with E-state index in [-0.39, 0.29) is 12.3 Å². The van der Waals surface area contributed by atoms with Gasteiger partial charge in [-0.25, -0.2) is 0 Å². The number of aliphatic carboxylic acids is 1. The van der Waals surface area contributed by atoms with Crippen LogP contribution >= 0.6 is 0 Å². The summed E-state index contributed by atoms with van der Waals surface area (Å²) in [6, 6.07) is 8.51. The lowest BCUT2D eigenvalue weighted by Crippen LogP contribution is -2.37. The molecule has 5 nitrogen and oxygen atoms in total. The van der Waals surface area contributed by atoms with Crippen molar-refractivity contribution in [2.75, 3.05) is 19.6 Å². The van der Waals surface area contributed by atoms with E-state index in [9.17, 15) is 9.59 Å². The van der Waals surface area contributed by atoms with Crippen molar-refractivity contribution < 1.29 is 14.7 Å². The first-order valence-corrected chi connectivity index (χ1v) is 7.93. The molecule has 1 aromatic carbocycles. The summed E-state index contributed by atoms with van der Waals surface area (Å²) >= 11 is 0. The van der Waals surface area contributed by atoms with Crippen molar-refractivity contribution in [3.8, 4) is 0 Å². The summed E-state index contributed by atoms with van der Waals surface area (Å²) in [5.74, 6) is -0.784. The SMILES string of the molecule is O=C(O)CCCCC(=O)NCCN1CCc2ccccc2C1. The Morgan fingerprint density at radius 2 is 1.86 bits per heavy atom. The molecule has 0 fully saturated rings. The molecule has 0 saturated heterocycles. The Morgan fingerprint density at radius 1 is 1.14 bits per heavy atom. The van der Waals surface area contributed by atoms with Crippen molar-refractivity contribution in [1.29, 1.82) is 0 Å². The third kappa shape index (κ3) is 5.48. The largest absolute Gasteiger partial charge is 0.481 e.